The number of carbonyl (C=O) groups is 2. The summed E-state index contributed by atoms with van der Waals surface area (Å²) >= 11 is 0. The summed E-state index contributed by atoms with van der Waals surface area (Å²) in [6.45, 7) is 6.29. The van der Waals surface area contributed by atoms with E-state index < -0.39 is 12.1 Å². The van der Waals surface area contributed by atoms with Gasteiger partial charge < -0.3 is 15.0 Å². The van der Waals surface area contributed by atoms with Gasteiger partial charge in [-0.2, -0.15) is 0 Å². The molecule has 1 aliphatic rings. The van der Waals surface area contributed by atoms with Crippen LogP contribution in [0.15, 0.2) is 12.7 Å². The van der Waals surface area contributed by atoms with Crippen molar-refractivity contribution in [2.45, 2.75) is 31.8 Å². The van der Waals surface area contributed by atoms with Gasteiger partial charge in [-0.05, 0) is 19.8 Å². The first kappa shape index (κ1) is 12.5. The summed E-state index contributed by atoms with van der Waals surface area (Å²) in [7, 11) is 1.26. The van der Waals surface area contributed by atoms with E-state index in [4.69, 9.17) is 0 Å². The van der Waals surface area contributed by atoms with E-state index in [1.807, 2.05) is 6.92 Å². The third-order valence-electron chi connectivity index (χ3n) is 2.80. The maximum absolute atomic E-state index is 12.0. The summed E-state index contributed by atoms with van der Waals surface area (Å²) in [5.41, 5.74) is 0. The van der Waals surface area contributed by atoms with Gasteiger partial charge in [0.1, 0.15) is 6.04 Å². The fourth-order valence-electron chi connectivity index (χ4n) is 1.85. The molecular weight excluding hydrogens is 208 g/mol. The Balaban J connectivity index is 2.61. The van der Waals surface area contributed by atoms with E-state index in [1.54, 1.807) is 4.90 Å². The highest BCUT2D eigenvalue weighted by molar-refractivity contribution is 5.87. The quantitative estimate of drug-likeness (QED) is 0.728. The van der Waals surface area contributed by atoms with Crippen molar-refractivity contribution in [1.29, 1.82) is 0 Å². The Labute approximate surface area is 95.4 Å². The summed E-state index contributed by atoms with van der Waals surface area (Å²) in [4.78, 5) is 24.8. The Morgan fingerprint density at radius 1 is 1.62 bits per heavy atom. The van der Waals surface area contributed by atoms with E-state index in [0.29, 0.717) is 0 Å². The lowest BCUT2D eigenvalue weighted by molar-refractivity contribution is -0.132. The van der Waals surface area contributed by atoms with Crippen LogP contribution in [0.5, 0.6) is 0 Å². The second kappa shape index (κ2) is 5.53. The molecule has 90 valence electrons. The number of alkyl carbamates (subject to hydrolysis) is 1. The van der Waals surface area contributed by atoms with Gasteiger partial charge in [-0.25, -0.2) is 4.79 Å². The zero-order valence-electron chi connectivity index (χ0n) is 9.73. The van der Waals surface area contributed by atoms with Gasteiger partial charge in [0.2, 0.25) is 5.91 Å². The molecule has 1 N–H and O–H groups in total. The van der Waals surface area contributed by atoms with Crippen molar-refractivity contribution in [2.24, 2.45) is 0 Å². The molecule has 16 heavy (non-hydrogen) atoms. The van der Waals surface area contributed by atoms with Gasteiger partial charge in [-0.1, -0.05) is 6.08 Å². The Morgan fingerprint density at radius 2 is 2.31 bits per heavy atom. The van der Waals surface area contributed by atoms with Crippen LogP contribution in [0, 0.1) is 0 Å². The van der Waals surface area contributed by atoms with Crippen molar-refractivity contribution < 1.29 is 14.3 Å². The summed E-state index contributed by atoms with van der Waals surface area (Å²) in [5.74, 6) is -0.120. The fraction of sp³-hybridized carbons (Fsp3) is 0.636. The van der Waals surface area contributed by atoms with Crippen LogP contribution in [-0.2, 0) is 9.53 Å². The molecular formula is C11H18N2O3. The molecule has 1 fully saturated rings. The lowest BCUT2D eigenvalue weighted by Crippen LogP contribution is -2.48. The van der Waals surface area contributed by atoms with E-state index >= 15 is 0 Å². The largest absolute Gasteiger partial charge is 0.453 e. The van der Waals surface area contributed by atoms with Gasteiger partial charge in [0.05, 0.1) is 7.11 Å². The first-order chi connectivity index (χ1) is 7.60. The number of nitrogens with zero attached hydrogens (tertiary/aromatic N) is 1. The molecule has 0 bridgehead atoms. The molecule has 5 nitrogen and oxygen atoms in total. The third kappa shape index (κ3) is 2.74. The van der Waals surface area contributed by atoms with Gasteiger partial charge in [0.25, 0.3) is 0 Å². The molecule has 1 heterocycles. The second-order valence-electron chi connectivity index (χ2n) is 3.87. The van der Waals surface area contributed by atoms with Crippen molar-refractivity contribution in [3.63, 3.8) is 0 Å². The molecule has 0 spiro atoms. The smallest absolute Gasteiger partial charge is 0.407 e. The maximum Gasteiger partial charge on any atom is 0.407 e. The first-order valence-corrected chi connectivity index (χ1v) is 5.37. The van der Waals surface area contributed by atoms with Crippen molar-refractivity contribution in [2.75, 3.05) is 13.7 Å². The number of rotatable bonds is 3. The number of hydrogen-bond acceptors (Lipinski definition) is 3. The van der Waals surface area contributed by atoms with Crippen LogP contribution in [0.2, 0.25) is 0 Å². The van der Waals surface area contributed by atoms with Crippen molar-refractivity contribution in [1.82, 2.24) is 10.2 Å². The van der Waals surface area contributed by atoms with Crippen molar-refractivity contribution in [3.05, 3.63) is 12.7 Å². The molecule has 5 heteroatoms. The van der Waals surface area contributed by atoms with Gasteiger partial charge in [-0.15, -0.1) is 6.58 Å². The van der Waals surface area contributed by atoms with Gasteiger partial charge in [0.15, 0.2) is 0 Å². The summed E-state index contributed by atoms with van der Waals surface area (Å²) in [5, 5.41) is 2.44. The van der Waals surface area contributed by atoms with Crippen LogP contribution >= 0.6 is 0 Å². The number of ether oxygens (including phenoxy) is 1. The number of methoxy groups -OCH3 is 1. The zero-order valence-corrected chi connectivity index (χ0v) is 9.73. The van der Waals surface area contributed by atoms with Gasteiger partial charge in [0, 0.05) is 12.6 Å². The Bertz CT molecular complexity index is 291. The molecule has 1 rings (SSSR count). The molecule has 0 saturated carbocycles. The monoisotopic (exact) mass is 226 g/mol. The number of hydrogen-bond donors (Lipinski definition) is 1. The molecule has 1 aliphatic heterocycles. The molecule has 1 saturated heterocycles. The third-order valence-corrected chi connectivity index (χ3v) is 2.80. The number of carbonyl (C=O) groups excluding carboxylic acids is 2. The Hall–Kier alpha value is -1.52. The zero-order chi connectivity index (χ0) is 12.1. The minimum Gasteiger partial charge on any atom is -0.453 e. The van der Waals surface area contributed by atoms with E-state index in [2.05, 4.69) is 16.6 Å². The number of likely N-dealkylation sites (tertiary alicyclic amines) is 1. The van der Waals surface area contributed by atoms with E-state index in [-0.39, 0.29) is 11.9 Å². The van der Waals surface area contributed by atoms with Crippen LogP contribution in [0.4, 0.5) is 4.79 Å². The molecule has 0 aliphatic carbocycles. The molecule has 0 aromatic rings. The maximum atomic E-state index is 12.0. The van der Waals surface area contributed by atoms with Crippen LogP contribution < -0.4 is 5.32 Å². The number of nitrogens with one attached hydrogen (secondary N) is 1. The lowest BCUT2D eigenvalue weighted by Gasteiger charge is -2.25. The standard InChI is InChI=1S/C11H18N2O3/c1-4-9(12-11(15)16-3)10(14)13-7-5-6-8(13)2/h4,8-9H,1,5-7H2,2-3H3,(H,12,15). The normalized spacial score (nSPS) is 21.4. The van der Waals surface area contributed by atoms with Crippen molar-refractivity contribution in [3.8, 4) is 0 Å². The summed E-state index contributed by atoms with van der Waals surface area (Å²) < 4.78 is 4.45. The van der Waals surface area contributed by atoms with Gasteiger partial charge in [-0.3, -0.25) is 4.79 Å². The summed E-state index contributed by atoms with van der Waals surface area (Å²) in [6, 6.07) is -0.470. The molecule has 0 aromatic carbocycles. The lowest BCUT2D eigenvalue weighted by atomic mass is 10.2. The fourth-order valence-corrected chi connectivity index (χ4v) is 1.85. The SMILES string of the molecule is C=CC(NC(=O)OC)C(=O)N1CCCC1C. The average Bonchev–Trinajstić information content (AvgIpc) is 2.71. The first-order valence-electron chi connectivity index (χ1n) is 5.37. The Morgan fingerprint density at radius 3 is 2.75 bits per heavy atom. The van der Waals surface area contributed by atoms with Crippen LogP contribution in [0.3, 0.4) is 0 Å². The van der Waals surface area contributed by atoms with E-state index in [9.17, 15) is 9.59 Å². The van der Waals surface area contributed by atoms with E-state index in [1.165, 1.54) is 13.2 Å². The van der Waals surface area contributed by atoms with Crippen LogP contribution in [-0.4, -0.2) is 42.6 Å². The predicted octanol–water partition coefficient (Wildman–Crippen LogP) is 0.908. The molecule has 0 aromatic heterocycles. The molecule has 0 radical (unpaired) electrons. The second-order valence-corrected chi connectivity index (χ2v) is 3.87. The van der Waals surface area contributed by atoms with Crippen molar-refractivity contribution >= 4 is 12.0 Å². The van der Waals surface area contributed by atoms with Crippen LogP contribution in [0.1, 0.15) is 19.8 Å². The minimum atomic E-state index is -0.701. The molecule has 2 amide bonds. The summed E-state index contributed by atoms with van der Waals surface area (Å²) in [6.07, 6.45) is 2.82. The number of amides is 2. The van der Waals surface area contributed by atoms with Gasteiger partial charge >= 0.3 is 6.09 Å². The highest BCUT2D eigenvalue weighted by Gasteiger charge is 2.30. The van der Waals surface area contributed by atoms with E-state index in [0.717, 1.165) is 19.4 Å². The minimum absolute atomic E-state index is 0.120. The Kier molecular flexibility index (Phi) is 4.34. The highest BCUT2D eigenvalue weighted by Crippen LogP contribution is 2.17. The van der Waals surface area contributed by atoms with Crippen LogP contribution in [0.25, 0.3) is 0 Å². The predicted molar refractivity (Wildman–Crippen MR) is 59.9 cm³/mol. The topological polar surface area (TPSA) is 58.6 Å². The highest BCUT2D eigenvalue weighted by atomic mass is 16.5. The average molecular weight is 226 g/mol. The molecule has 2 unspecified atom stereocenters. The molecule has 2 atom stereocenters.